The molecule has 1 atom stereocenters. The van der Waals surface area contributed by atoms with Gasteiger partial charge in [0.1, 0.15) is 5.69 Å². The number of rotatable bonds is 4. The number of hydrogen-bond donors (Lipinski definition) is 1. The minimum Gasteiger partial charge on any atom is -0.344 e. The first kappa shape index (κ1) is 19.7. The van der Waals surface area contributed by atoms with Gasteiger partial charge in [0, 0.05) is 25.7 Å². The van der Waals surface area contributed by atoms with Gasteiger partial charge in [0.05, 0.1) is 18.3 Å². The molecule has 0 spiro atoms. The largest absolute Gasteiger partial charge is 0.344 e. The Balaban J connectivity index is 1.61. The summed E-state index contributed by atoms with van der Waals surface area (Å²) in [6.07, 6.45) is 0. The molecule has 0 unspecified atom stereocenters. The van der Waals surface area contributed by atoms with E-state index >= 15 is 0 Å². The van der Waals surface area contributed by atoms with E-state index in [9.17, 15) is 14.4 Å². The standard InChI is InChI=1S/C23H24N4O3/c1-16(17-9-5-3-6-10-17)24-21(28)20-19-15-26(13-14-27(19)23(30)25(20)2)22(29)18-11-7-4-8-12-18/h3-12,16H,13-15H2,1-2H3,(H,24,28)/t16-/m1/s1. The van der Waals surface area contributed by atoms with Gasteiger partial charge in [-0.15, -0.1) is 0 Å². The highest BCUT2D eigenvalue weighted by Crippen LogP contribution is 2.19. The summed E-state index contributed by atoms with van der Waals surface area (Å²) in [5, 5.41) is 2.98. The van der Waals surface area contributed by atoms with E-state index in [0.29, 0.717) is 30.0 Å². The molecule has 7 nitrogen and oxygen atoms in total. The smallest absolute Gasteiger partial charge is 0.328 e. The van der Waals surface area contributed by atoms with Crippen LogP contribution in [-0.4, -0.2) is 32.4 Å². The highest BCUT2D eigenvalue weighted by molar-refractivity contribution is 5.96. The molecule has 0 bridgehead atoms. The lowest BCUT2D eigenvalue weighted by Gasteiger charge is -2.28. The Morgan fingerprint density at radius 3 is 2.27 bits per heavy atom. The van der Waals surface area contributed by atoms with Crippen molar-refractivity contribution in [3.63, 3.8) is 0 Å². The zero-order valence-electron chi connectivity index (χ0n) is 17.0. The Morgan fingerprint density at radius 2 is 1.60 bits per heavy atom. The molecular weight excluding hydrogens is 380 g/mol. The second-order valence-electron chi connectivity index (χ2n) is 7.49. The fourth-order valence-corrected chi connectivity index (χ4v) is 3.90. The van der Waals surface area contributed by atoms with E-state index in [1.807, 2.05) is 55.5 Å². The number of imidazole rings is 1. The number of benzene rings is 2. The third kappa shape index (κ3) is 3.54. The molecule has 1 aliphatic rings. The summed E-state index contributed by atoms with van der Waals surface area (Å²) in [5.74, 6) is -0.434. The zero-order chi connectivity index (χ0) is 21.3. The van der Waals surface area contributed by atoms with Crippen LogP contribution in [-0.2, 0) is 20.1 Å². The van der Waals surface area contributed by atoms with Crippen LogP contribution < -0.4 is 11.0 Å². The minimum absolute atomic E-state index is 0.109. The van der Waals surface area contributed by atoms with Crippen LogP contribution in [0, 0.1) is 0 Å². The Morgan fingerprint density at radius 1 is 0.967 bits per heavy atom. The van der Waals surface area contributed by atoms with Gasteiger partial charge in [-0.25, -0.2) is 4.79 Å². The van der Waals surface area contributed by atoms with Crippen LogP contribution in [0.1, 0.15) is 45.1 Å². The van der Waals surface area contributed by atoms with Gasteiger partial charge in [0.2, 0.25) is 0 Å². The molecule has 154 valence electrons. The van der Waals surface area contributed by atoms with Crippen LogP contribution in [0.25, 0.3) is 0 Å². The van der Waals surface area contributed by atoms with Crippen molar-refractivity contribution >= 4 is 11.8 Å². The summed E-state index contributed by atoms with van der Waals surface area (Å²) < 4.78 is 2.97. The van der Waals surface area contributed by atoms with Gasteiger partial charge in [0.25, 0.3) is 11.8 Å². The lowest BCUT2D eigenvalue weighted by molar-refractivity contribution is 0.0706. The summed E-state index contributed by atoms with van der Waals surface area (Å²) in [7, 11) is 1.60. The number of nitrogens with zero attached hydrogens (tertiary/aromatic N) is 3. The summed E-state index contributed by atoms with van der Waals surface area (Å²) in [6.45, 7) is 2.90. The van der Waals surface area contributed by atoms with Crippen molar-refractivity contribution in [3.8, 4) is 0 Å². The third-order valence-corrected chi connectivity index (χ3v) is 5.56. The normalized spacial score (nSPS) is 14.1. The van der Waals surface area contributed by atoms with E-state index in [0.717, 1.165) is 5.56 Å². The first-order valence-corrected chi connectivity index (χ1v) is 9.96. The highest BCUT2D eigenvalue weighted by atomic mass is 16.2. The molecule has 30 heavy (non-hydrogen) atoms. The predicted octanol–water partition coefficient (Wildman–Crippen LogP) is 2.33. The topological polar surface area (TPSA) is 76.3 Å². The maximum absolute atomic E-state index is 13.1. The van der Waals surface area contributed by atoms with Gasteiger partial charge in [-0.3, -0.25) is 18.7 Å². The second-order valence-corrected chi connectivity index (χ2v) is 7.49. The Kier molecular flexibility index (Phi) is 5.27. The number of hydrogen-bond acceptors (Lipinski definition) is 3. The van der Waals surface area contributed by atoms with Gasteiger partial charge < -0.3 is 10.2 Å². The van der Waals surface area contributed by atoms with Crippen molar-refractivity contribution in [1.82, 2.24) is 19.4 Å². The predicted molar refractivity (Wildman–Crippen MR) is 113 cm³/mol. The number of carbonyl (C=O) groups excluding carboxylic acids is 2. The molecule has 2 heterocycles. The molecule has 0 saturated carbocycles. The van der Waals surface area contributed by atoms with E-state index in [1.165, 1.54) is 4.57 Å². The molecule has 1 aromatic heterocycles. The summed E-state index contributed by atoms with van der Waals surface area (Å²) >= 11 is 0. The molecule has 0 aliphatic carbocycles. The molecule has 4 rings (SSSR count). The Hall–Kier alpha value is -3.61. The summed E-state index contributed by atoms with van der Waals surface area (Å²) in [4.78, 5) is 40.3. The average molecular weight is 404 g/mol. The van der Waals surface area contributed by atoms with Crippen molar-refractivity contribution < 1.29 is 9.59 Å². The number of aromatic nitrogens is 2. The van der Waals surface area contributed by atoms with Crippen LogP contribution in [0.15, 0.2) is 65.5 Å². The zero-order valence-corrected chi connectivity index (χ0v) is 17.0. The van der Waals surface area contributed by atoms with Crippen molar-refractivity contribution in [2.75, 3.05) is 6.54 Å². The SMILES string of the molecule is C[C@@H](NC(=O)c1c2n(c(=O)n1C)CCN(C(=O)c1ccccc1)C2)c1ccccc1. The highest BCUT2D eigenvalue weighted by Gasteiger charge is 2.30. The Bertz CT molecular complexity index is 1130. The fourth-order valence-electron chi connectivity index (χ4n) is 3.90. The number of nitrogens with one attached hydrogen (secondary N) is 1. The van der Waals surface area contributed by atoms with Crippen molar-refractivity contribution in [1.29, 1.82) is 0 Å². The van der Waals surface area contributed by atoms with Crippen LogP contribution in [0.4, 0.5) is 0 Å². The molecule has 2 aromatic carbocycles. The second kappa shape index (κ2) is 8.02. The first-order valence-electron chi connectivity index (χ1n) is 9.96. The van der Waals surface area contributed by atoms with E-state index in [1.54, 1.807) is 28.6 Å². The van der Waals surface area contributed by atoms with E-state index < -0.39 is 0 Å². The molecule has 2 amide bonds. The quantitative estimate of drug-likeness (QED) is 0.725. The van der Waals surface area contributed by atoms with Crippen molar-refractivity contribution in [2.45, 2.75) is 26.1 Å². The van der Waals surface area contributed by atoms with Crippen LogP contribution >= 0.6 is 0 Å². The molecule has 0 radical (unpaired) electrons. The molecule has 1 aliphatic heterocycles. The van der Waals surface area contributed by atoms with Crippen molar-refractivity contribution in [3.05, 3.63) is 93.7 Å². The van der Waals surface area contributed by atoms with Gasteiger partial charge in [-0.2, -0.15) is 0 Å². The maximum atomic E-state index is 13.1. The molecular formula is C23H24N4O3. The monoisotopic (exact) mass is 404 g/mol. The van der Waals surface area contributed by atoms with E-state index in [4.69, 9.17) is 0 Å². The Labute approximate surface area is 174 Å². The molecule has 0 saturated heterocycles. The number of carbonyl (C=O) groups is 2. The molecule has 7 heteroatoms. The van der Waals surface area contributed by atoms with E-state index in [2.05, 4.69) is 5.32 Å². The summed E-state index contributed by atoms with van der Waals surface area (Å²) in [5.41, 5.74) is 2.19. The van der Waals surface area contributed by atoms with Gasteiger partial charge in [-0.05, 0) is 24.6 Å². The first-order chi connectivity index (χ1) is 14.5. The molecule has 1 N–H and O–H groups in total. The number of amides is 2. The lowest BCUT2D eigenvalue weighted by atomic mass is 10.1. The van der Waals surface area contributed by atoms with E-state index in [-0.39, 0.29) is 30.1 Å². The fraction of sp³-hybridized carbons (Fsp3) is 0.261. The van der Waals surface area contributed by atoms with Gasteiger partial charge >= 0.3 is 5.69 Å². The van der Waals surface area contributed by atoms with Crippen LogP contribution in [0.3, 0.4) is 0 Å². The van der Waals surface area contributed by atoms with Crippen LogP contribution in [0.5, 0.6) is 0 Å². The van der Waals surface area contributed by atoms with Gasteiger partial charge in [-0.1, -0.05) is 48.5 Å². The minimum atomic E-state index is -0.325. The summed E-state index contributed by atoms with van der Waals surface area (Å²) in [6, 6.07) is 18.5. The third-order valence-electron chi connectivity index (χ3n) is 5.56. The number of fused-ring (bicyclic) bond motifs is 1. The van der Waals surface area contributed by atoms with Crippen molar-refractivity contribution in [2.24, 2.45) is 7.05 Å². The average Bonchev–Trinajstić information content (AvgIpc) is 3.04. The van der Waals surface area contributed by atoms with Crippen LogP contribution in [0.2, 0.25) is 0 Å². The molecule has 3 aromatic rings. The molecule has 0 fully saturated rings. The lowest BCUT2D eigenvalue weighted by Crippen LogP contribution is -2.41. The van der Waals surface area contributed by atoms with Gasteiger partial charge in [0.15, 0.2) is 0 Å². The maximum Gasteiger partial charge on any atom is 0.328 e.